The number of carboxylic acids is 2. The molecule has 2 fully saturated rings. The molecule has 0 unspecified atom stereocenters. The molecule has 2 N–H and O–H groups in total. The summed E-state index contributed by atoms with van der Waals surface area (Å²) in [7, 11) is 0. The van der Waals surface area contributed by atoms with Crippen molar-refractivity contribution < 1.29 is 55.6 Å². The third-order valence-corrected chi connectivity index (χ3v) is 6.20. The molecule has 0 aliphatic carbocycles. The number of ether oxygens (including phenoxy) is 2. The van der Waals surface area contributed by atoms with Gasteiger partial charge >= 0.3 is 24.3 Å². The van der Waals surface area contributed by atoms with Crippen LogP contribution in [0.5, 0.6) is 0 Å². The van der Waals surface area contributed by atoms with E-state index < -0.39 is 24.3 Å². The van der Waals surface area contributed by atoms with E-state index in [4.69, 9.17) is 29.3 Å². The number of carboxylic acid groups (broad SMARTS) is 2. The number of rotatable bonds is 6. The monoisotopic (exact) mass is 558 g/mol. The number of halogens is 6. The van der Waals surface area contributed by atoms with Gasteiger partial charge < -0.3 is 19.7 Å². The summed E-state index contributed by atoms with van der Waals surface area (Å²) in [5.74, 6) is -4.92. The average Bonchev–Trinajstić information content (AvgIpc) is 3.51. The summed E-state index contributed by atoms with van der Waals surface area (Å²) < 4.78 is 75.3. The highest BCUT2D eigenvalue weighted by atomic mass is 32.1. The van der Waals surface area contributed by atoms with Crippen LogP contribution in [-0.2, 0) is 32.2 Å². The van der Waals surface area contributed by atoms with Gasteiger partial charge in [0.1, 0.15) is 0 Å². The largest absolute Gasteiger partial charge is 0.490 e. The first-order valence-corrected chi connectivity index (χ1v) is 11.6. The van der Waals surface area contributed by atoms with Crippen LogP contribution < -0.4 is 0 Å². The Morgan fingerprint density at radius 1 is 1.08 bits per heavy atom. The van der Waals surface area contributed by atoms with Crippen LogP contribution in [0.1, 0.15) is 11.1 Å². The van der Waals surface area contributed by atoms with Crippen LogP contribution in [0.2, 0.25) is 0 Å². The Bertz CT molecular complexity index is 966. The van der Waals surface area contributed by atoms with Gasteiger partial charge in [-0.25, -0.2) is 9.59 Å². The van der Waals surface area contributed by atoms with E-state index in [0.29, 0.717) is 12.5 Å². The number of aliphatic carboxylic acids is 2. The summed E-state index contributed by atoms with van der Waals surface area (Å²) in [4.78, 5) is 24.4. The van der Waals surface area contributed by atoms with Gasteiger partial charge in [-0.3, -0.25) is 9.88 Å². The second-order valence-corrected chi connectivity index (χ2v) is 9.11. The van der Waals surface area contributed by atoms with E-state index in [0.717, 1.165) is 39.5 Å². The molecule has 2 aromatic heterocycles. The molecule has 2 aliphatic rings. The highest BCUT2D eigenvalue weighted by Crippen LogP contribution is 2.42. The van der Waals surface area contributed by atoms with Gasteiger partial charge in [0.2, 0.25) is 0 Å². The standard InChI is InChI=1S/C18H22N2O2S.2C2HF3O2/c1-4-19-5-2-15(1)9-21-13-18-12-20(7-16-3-6-23-11-16)8-17(18)10-22-14-18;2*3-2(4,5)1(6)7/h1-6,11,17H,7-10,12-14H2;2*(H,6,7)/t17-,18-;;/m1../s1. The lowest BCUT2D eigenvalue weighted by Crippen LogP contribution is -2.35. The van der Waals surface area contributed by atoms with Crippen molar-refractivity contribution in [3.05, 3.63) is 52.5 Å². The van der Waals surface area contributed by atoms with Crippen LogP contribution in [0.15, 0.2) is 41.4 Å². The fourth-order valence-electron chi connectivity index (χ4n) is 3.76. The first kappa shape index (κ1) is 30.5. The second kappa shape index (κ2) is 13.2. The third kappa shape index (κ3) is 9.91. The average molecular weight is 558 g/mol. The molecule has 2 saturated heterocycles. The molecule has 8 nitrogen and oxygen atoms in total. The first-order chi connectivity index (χ1) is 17.2. The number of nitrogens with zero attached hydrogens (tertiary/aromatic N) is 2. The Balaban J connectivity index is 0.000000286. The van der Waals surface area contributed by atoms with Crippen molar-refractivity contribution in [1.82, 2.24) is 9.88 Å². The number of alkyl halides is 6. The quantitative estimate of drug-likeness (QED) is 0.511. The van der Waals surface area contributed by atoms with Crippen molar-refractivity contribution in [2.24, 2.45) is 11.3 Å². The fourth-order valence-corrected chi connectivity index (χ4v) is 4.42. The van der Waals surface area contributed by atoms with Crippen LogP contribution in [0.4, 0.5) is 26.3 Å². The topological polar surface area (TPSA) is 109 Å². The molecule has 2 atom stereocenters. The van der Waals surface area contributed by atoms with Gasteiger partial charge in [0, 0.05) is 43.4 Å². The maximum absolute atomic E-state index is 10.6. The molecule has 0 amide bonds. The van der Waals surface area contributed by atoms with E-state index in [1.165, 1.54) is 11.1 Å². The van der Waals surface area contributed by atoms with Gasteiger partial charge in [0.05, 0.1) is 26.4 Å². The van der Waals surface area contributed by atoms with Crippen LogP contribution in [-0.4, -0.2) is 77.3 Å². The van der Waals surface area contributed by atoms with Crippen molar-refractivity contribution in [1.29, 1.82) is 0 Å². The number of carbonyl (C=O) groups is 2. The summed E-state index contributed by atoms with van der Waals surface area (Å²) in [6.07, 6.45) is -6.53. The minimum Gasteiger partial charge on any atom is -0.475 e. The summed E-state index contributed by atoms with van der Waals surface area (Å²) in [5.41, 5.74) is 2.77. The van der Waals surface area contributed by atoms with Crippen LogP contribution in [0.25, 0.3) is 0 Å². The molecule has 0 bridgehead atoms. The van der Waals surface area contributed by atoms with Crippen molar-refractivity contribution in [3.8, 4) is 0 Å². The lowest BCUT2D eigenvalue weighted by atomic mass is 9.82. The number of likely N-dealkylation sites (tertiary alicyclic amines) is 1. The Labute approximate surface area is 211 Å². The molecule has 37 heavy (non-hydrogen) atoms. The summed E-state index contributed by atoms with van der Waals surface area (Å²) in [6, 6.07) is 6.25. The van der Waals surface area contributed by atoms with Gasteiger partial charge in [-0.1, -0.05) is 0 Å². The Hall–Kier alpha value is -2.75. The van der Waals surface area contributed by atoms with E-state index in [1.807, 2.05) is 24.5 Å². The molecule has 4 heterocycles. The third-order valence-electron chi connectivity index (χ3n) is 5.47. The van der Waals surface area contributed by atoms with Gasteiger partial charge in [-0.15, -0.1) is 0 Å². The van der Waals surface area contributed by atoms with E-state index >= 15 is 0 Å². The zero-order chi connectivity index (χ0) is 27.7. The second-order valence-electron chi connectivity index (χ2n) is 8.33. The van der Waals surface area contributed by atoms with Crippen molar-refractivity contribution in [2.45, 2.75) is 25.5 Å². The Morgan fingerprint density at radius 2 is 1.68 bits per heavy atom. The van der Waals surface area contributed by atoms with Gasteiger partial charge in [0.25, 0.3) is 0 Å². The number of thiophene rings is 1. The molecule has 4 rings (SSSR count). The summed E-state index contributed by atoms with van der Waals surface area (Å²) in [6.45, 7) is 6.37. The van der Waals surface area contributed by atoms with Crippen LogP contribution in [0.3, 0.4) is 0 Å². The minimum atomic E-state index is -5.08. The smallest absolute Gasteiger partial charge is 0.475 e. The maximum Gasteiger partial charge on any atom is 0.490 e. The number of hydrogen-bond acceptors (Lipinski definition) is 7. The van der Waals surface area contributed by atoms with E-state index in [2.05, 4.69) is 26.7 Å². The Kier molecular flexibility index (Phi) is 10.8. The van der Waals surface area contributed by atoms with E-state index in [-0.39, 0.29) is 5.41 Å². The molecule has 15 heteroatoms. The highest BCUT2D eigenvalue weighted by Gasteiger charge is 2.50. The molecule has 2 aromatic rings. The van der Waals surface area contributed by atoms with Crippen LogP contribution in [0, 0.1) is 11.3 Å². The van der Waals surface area contributed by atoms with Crippen molar-refractivity contribution >= 4 is 23.3 Å². The highest BCUT2D eigenvalue weighted by molar-refractivity contribution is 7.07. The first-order valence-electron chi connectivity index (χ1n) is 10.6. The number of hydrogen-bond donors (Lipinski definition) is 2. The van der Waals surface area contributed by atoms with Gasteiger partial charge in [-0.2, -0.15) is 37.7 Å². The normalized spacial score (nSPS) is 21.3. The Morgan fingerprint density at radius 3 is 2.19 bits per heavy atom. The molecular weight excluding hydrogens is 534 g/mol. The SMILES string of the molecule is O=C(O)C(F)(F)F.O=C(O)C(F)(F)F.c1cc(COC[C@]23COC[C@H]2CN(Cc2ccsc2)C3)ccn1. The predicted octanol–water partition coefficient (Wildman–Crippen LogP) is 4.07. The molecule has 0 spiro atoms. The predicted molar refractivity (Wildman–Crippen MR) is 118 cm³/mol. The van der Waals surface area contributed by atoms with Gasteiger partial charge in [0.15, 0.2) is 0 Å². The molecule has 0 saturated carbocycles. The number of aromatic nitrogens is 1. The molecule has 2 aliphatic heterocycles. The lowest BCUT2D eigenvalue weighted by molar-refractivity contribution is -0.193. The van der Waals surface area contributed by atoms with Gasteiger partial charge in [-0.05, 0) is 40.1 Å². The van der Waals surface area contributed by atoms with Crippen molar-refractivity contribution in [2.75, 3.05) is 32.9 Å². The summed E-state index contributed by atoms with van der Waals surface area (Å²) >= 11 is 1.77. The van der Waals surface area contributed by atoms with Crippen LogP contribution >= 0.6 is 11.3 Å². The lowest BCUT2D eigenvalue weighted by Gasteiger charge is -2.27. The number of fused-ring (bicyclic) bond motifs is 1. The zero-order valence-electron chi connectivity index (χ0n) is 19.2. The molecule has 206 valence electrons. The maximum atomic E-state index is 10.6. The van der Waals surface area contributed by atoms with E-state index in [9.17, 15) is 26.3 Å². The minimum absolute atomic E-state index is 0.170. The molecule has 0 radical (unpaired) electrons. The number of pyridine rings is 1. The van der Waals surface area contributed by atoms with E-state index in [1.54, 1.807) is 11.3 Å². The summed E-state index contributed by atoms with van der Waals surface area (Å²) in [5, 5.41) is 18.7. The van der Waals surface area contributed by atoms with Crippen molar-refractivity contribution in [3.63, 3.8) is 0 Å². The fraction of sp³-hybridized carbons (Fsp3) is 0.500. The molecular formula is C22H24F6N2O6S. The zero-order valence-corrected chi connectivity index (χ0v) is 20.0. The molecule has 0 aromatic carbocycles.